The number of rotatable bonds is 4. The Morgan fingerprint density at radius 3 is 2.52 bits per heavy atom. The van der Waals surface area contributed by atoms with Crippen LogP contribution in [0, 0.1) is 0 Å². The summed E-state index contributed by atoms with van der Waals surface area (Å²) in [6, 6.07) is 6.70. The lowest BCUT2D eigenvalue weighted by atomic mass is 10.2. The van der Waals surface area contributed by atoms with Crippen molar-refractivity contribution in [3.63, 3.8) is 0 Å². The van der Waals surface area contributed by atoms with E-state index in [0.717, 1.165) is 0 Å². The summed E-state index contributed by atoms with van der Waals surface area (Å²) in [5.74, 6) is 0.241. The normalized spacial score (nSPS) is 17.9. The van der Waals surface area contributed by atoms with E-state index in [2.05, 4.69) is 0 Å². The van der Waals surface area contributed by atoms with Crippen LogP contribution >= 0.6 is 11.6 Å². The average Bonchev–Trinajstić information content (AvgIpc) is 2.45. The Labute approximate surface area is 137 Å². The fourth-order valence-corrected chi connectivity index (χ4v) is 2.61. The van der Waals surface area contributed by atoms with Gasteiger partial charge in [0.15, 0.2) is 6.10 Å². The molecule has 4 nitrogen and oxygen atoms in total. The lowest BCUT2D eigenvalue weighted by Gasteiger charge is -2.36. The van der Waals surface area contributed by atoms with Gasteiger partial charge in [-0.3, -0.25) is 9.69 Å². The molecule has 128 valence electrons. The van der Waals surface area contributed by atoms with Crippen molar-refractivity contribution in [2.75, 3.05) is 32.7 Å². The van der Waals surface area contributed by atoms with E-state index in [1.165, 1.54) is 9.80 Å². The molecular formula is C15H18ClF3N2O2. The van der Waals surface area contributed by atoms with Gasteiger partial charge in [-0.2, -0.15) is 13.2 Å². The van der Waals surface area contributed by atoms with Crippen molar-refractivity contribution in [2.45, 2.75) is 19.2 Å². The van der Waals surface area contributed by atoms with E-state index in [0.29, 0.717) is 10.8 Å². The van der Waals surface area contributed by atoms with Crippen LogP contribution in [-0.2, 0) is 4.79 Å². The summed E-state index contributed by atoms with van der Waals surface area (Å²) >= 11 is 5.85. The quantitative estimate of drug-likeness (QED) is 0.837. The molecule has 0 radical (unpaired) electrons. The van der Waals surface area contributed by atoms with Crippen LogP contribution in [0.25, 0.3) is 0 Å². The molecule has 1 saturated heterocycles. The number of carbonyl (C=O) groups excluding carboxylic acids is 1. The number of alkyl halides is 3. The zero-order valence-corrected chi connectivity index (χ0v) is 13.4. The van der Waals surface area contributed by atoms with E-state index < -0.39 is 18.8 Å². The van der Waals surface area contributed by atoms with Crippen molar-refractivity contribution in [3.05, 3.63) is 29.3 Å². The van der Waals surface area contributed by atoms with E-state index >= 15 is 0 Å². The molecule has 1 aromatic carbocycles. The van der Waals surface area contributed by atoms with Gasteiger partial charge >= 0.3 is 6.18 Å². The highest BCUT2D eigenvalue weighted by Crippen LogP contribution is 2.20. The number of hydrogen-bond donors (Lipinski definition) is 0. The van der Waals surface area contributed by atoms with Crippen LogP contribution in [0.1, 0.15) is 6.92 Å². The summed E-state index contributed by atoms with van der Waals surface area (Å²) in [6.07, 6.45) is -4.93. The van der Waals surface area contributed by atoms with Crippen molar-refractivity contribution in [1.29, 1.82) is 0 Å². The minimum atomic E-state index is -4.21. The van der Waals surface area contributed by atoms with Gasteiger partial charge in [0, 0.05) is 31.2 Å². The SMILES string of the molecule is CC(Oc1cccc(Cl)c1)C(=O)N1CCN(CC(F)(F)F)CC1. The molecule has 0 spiro atoms. The van der Waals surface area contributed by atoms with E-state index in [4.69, 9.17) is 16.3 Å². The summed E-state index contributed by atoms with van der Waals surface area (Å²) in [4.78, 5) is 15.1. The molecule has 1 amide bonds. The molecule has 23 heavy (non-hydrogen) atoms. The second-order valence-corrected chi connectivity index (χ2v) is 5.87. The molecule has 0 aliphatic carbocycles. The van der Waals surface area contributed by atoms with Crippen LogP contribution in [0.15, 0.2) is 24.3 Å². The third kappa shape index (κ3) is 5.58. The Kier molecular flexibility index (Phi) is 5.75. The minimum Gasteiger partial charge on any atom is -0.481 e. The highest BCUT2D eigenvalue weighted by atomic mass is 35.5. The van der Waals surface area contributed by atoms with Crippen LogP contribution in [0.4, 0.5) is 13.2 Å². The van der Waals surface area contributed by atoms with Crippen LogP contribution in [0.2, 0.25) is 5.02 Å². The lowest BCUT2D eigenvalue weighted by molar-refractivity contribution is -0.153. The number of benzene rings is 1. The van der Waals surface area contributed by atoms with E-state index in [-0.39, 0.29) is 32.1 Å². The van der Waals surface area contributed by atoms with Gasteiger partial charge < -0.3 is 9.64 Å². The molecule has 1 aliphatic rings. The summed E-state index contributed by atoms with van der Waals surface area (Å²) in [7, 11) is 0. The maximum Gasteiger partial charge on any atom is 0.401 e. The van der Waals surface area contributed by atoms with Crippen LogP contribution in [-0.4, -0.2) is 60.7 Å². The van der Waals surface area contributed by atoms with Crippen molar-refractivity contribution < 1.29 is 22.7 Å². The Hall–Kier alpha value is -1.47. The van der Waals surface area contributed by atoms with Gasteiger partial charge in [-0.25, -0.2) is 0 Å². The van der Waals surface area contributed by atoms with E-state index in [9.17, 15) is 18.0 Å². The molecule has 1 aromatic rings. The predicted octanol–water partition coefficient (Wildman–Crippen LogP) is 2.81. The van der Waals surface area contributed by atoms with Crippen LogP contribution < -0.4 is 4.74 Å². The monoisotopic (exact) mass is 350 g/mol. The molecule has 1 fully saturated rings. The van der Waals surface area contributed by atoms with Gasteiger partial charge in [0.1, 0.15) is 5.75 Å². The first-order valence-electron chi connectivity index (χ1n) is 7.25. The number of hydrogen-bond acceptors (Lipinski definition) is 3. The first-order chi connectivity index (χ1) is 10.7. The maximum atomic E-state index is 12.3. The molecule has 2 rings (SSSR count). The summed E-state index contributed by atoms with van der Waals surface area (Å²) in [6.45, 7) is 1.61. The first kappa shape index (κ1) is 17.9. The number of halogens is 4. The minimum absolute atomic E-state index is 0.204. The standard InChI is InChI=1S/C15H18ClF3N2O2/c1-11(23-13-4-2-3-12(16)9-13)14(22)21-7-5-20(6-8-21)10-15(17,18)19/h2-4,9,11H,5-8,10H2,1H3. The average molecular weight is 351 g/mol. The zero-order chi connectivity index (χ0) is 17.0. The molecule has 0 aromatic heterocycles. The van der Waals surface area contributed by atoms with Gasteiger partial charge in [-0.1, -0.05) is 17.7 Å². The molecule has 1 atom stereocenters. The molecule has 0 bridgehead atoms. The number of nitrogens with zero attached hydrogens (tertiary/aromatic N) is 2. The molecule has 1 unspecified atom stereocenters. The second kappa shape index (κ2) is 7.40. The fraction of sp³-hybridized carbons (Fsp3) is 0.533. The molecule has 1 heterocycles. The van der Waals surface area contributed by atoms with Gasteiger partial charge in [0.05, 0.1) is 6.54 Å². The van der Waals surface area contributed by atoms with E-state index in [1.54, 1.807) is 31.2 Å². The first-order valence-corrected chi connectivity index (χ1v) is 7.62. The highest BCUT2D eigenvalue weighted by molar-refractivity contribution is 6.30. The topological polar surface area (TPSA) is 32.8 Å². The van der Waals surface area contributed by atoms with Gasteiger partial charge in [-0.15, -0.1) is 0 Å². The highest BCUT2D eigenvalue weighted by Gasteiger charge is 2.33. The molecule has 8 heteroatoms. The zero-order valence-electron chi connectivity index (χ0n) is 12.6. The summed E-state index contributed by atoms with van der Waals surface area (Å²) in [5, 5.41) is 0.503. The van der Waals surface area contributed by atoms with Crippen molar-refractivity contribution in [3.8, 4) is 5.75 Å². The smallest absolute Gasteiger partial charge is 0.401 e. The van der Waals surface area contributed by atoms with Crippen molar-refractivity contribution >= 4 is 17.5 Å². The second-order valence-electron chi connectivity index (χ2n) is 5.43. The molecular weight excluding hydrogens is 333 g/mol. The fourth-order valence-electron chi connectivity index (χ4n) is 2.43. The summed E-state index contributed by atoms with van der Waals surface area (Å²) in [5.41, 5.74) is 0. The van der Waals surface area contributed by atoms with E-state index in [1.807, 2.05) is 0 Å². The van der Waals surface area contributed by atoms with Crippen LogP contribution in [0.3, 0.4) is 0 Å². The lowest BCUT2D eigenvalue weighted by Crippen LogP contribution is -2.53. The largest absolute Gasteiger partial charge is 0.481 e. The Balaban J connectivity index is 1.84. The predicted molar refractivity (Wildman–Crippen MR) is 80.6 cm³/mol. The number of carbonyl (C=O) groups is 1. The van der Waals surface area contributed by atoms with Gasteiger partial charge in [0.25, 0.3) is 5.91 Å². The van der Waals surface area contributed by atoms with Crippen LogP contribution in [0.5, 0.6) is 5.75 Å². The van der Waals surface area contributed by atoms with Crippen molar-refractivity contribution in [2.24, 2.45) is 0 Å². The Morgan fingerprint density at radius 1 is 1.30 bits per heavy atom. The molecule has 1 aliphatic heterocycles. The Morgan fingerprint density at radius 2 is 1.96 bits per heavy atom. The Bertz CT molecular complexity index is 546. The number of ether oxygens (including phenoxy) is 1. The maximum absolute atomic E-state index is 12.3. The number of amides is 1. The van der Waals surface area contributed by atoms with Crippen molar-refractivity contribution in [1.82, 2.24) is 9.80 Å². The molecule has 0 N–H and O–H groups in total. The third-order valence-corrected chi connectivity index (χ3v) is 3.78. The third-order valence-electron chi connectivity index (χ3n) is 3.54. The van der Waals surface area contributed by atoms with Gasteiger partial charge in [-0.05, 0) is 25.1 Å². The van der Waals surface area contributed by atoms with Gasteiger partial charge in [0.2, 0.25) is 0 Å². The number of piperazine rings is 1. The molecule has 0 saturated carbocycles. The summed E-state index contributed by atoms with van der Waals surface area (Å²) < 4.78 is 42.6.